The van der Waals surface area contributed by atoms with Crippen molar-refractivity contribution in [2.45, 2.75) is 13.0 Å². The van der Waals surface area contributed by atoms with Gasteiger partial charge in [0, 0.05) is 29.2 Å². The molecule has 152 valence electrons. The summed E-state index contributed by atoms with van der Waals surface area (Å²) in [5, 5.41) is 12.2. The largest absolute Gasteiger partial charge is 0.382 e. The molecule has 4 nitrogen and oxygen atoms in total. The molecule has 1 aliphatic heterocycles. The Kier molecular flexibility index (Phi) is 6.14. The Morgan fingerprint density at radius 3 is 2.38 bits per heavy atom. The van der Waals surface area contributed by atoms with Crippen LogP contribution >= 0.6 is 0 Å². The van der Waals surface area contributed by atoms with E-state index in [0.29, 0.717) is 0 Å². The number of rotatable bonds is 6. The summed E-state index contributed by atoms with van der Waals surface area (Å²) < 4.78 is 2.20. The maximum atomic E-state index is 11.0. The Balaban J connectivity index is 1.32. The fourth-order valence-electron chi connectivity index (χ4n) is 4.64. The first kappa shape index (κ1) is 19.9. The second-order valence-electron chi connectivity index (χ2n) is 8.31. The van der Waals surface area contributed by atoms with Crippen LogP contribution in [0.3, 0.4) is 0 Å². The molecule has 0 aliphatic carbocycles. The Morgan fingerprint density at radius 2 is 1.62 bits per heavy atom. The molecule has 3 aromatic rings. The van der Waals surface area contributed by atoms with E-state index in [4.69, 9.17) is 0 Å². The van der Waals surface area contributed by atoms with E-state index in [1.54, 1.807) is 4.90 Å². The molecule has 0 spiro atoms. The molecule has 0 unspecified atom stereocenters. The van der Waals surface area contributed by atoms with Crippen LogP contribution in [0.2, 0.25) is 0 Å². The molecule has 1 atom stereocenters. The van der Waals surface area contributed by atoms with Gasteiger partial charge in [0.05, 0.1) is 6.54 Å². The van der Waals surface area contributed by atoms with Crippen molar-refractivity contribution in [3.63, 3.8) is 0 Å². The van der Waals surface area contributed by atoms with Gasteiger partial charge in [-0.3, -0.25) is 0 Å². The molecule has 2 heterocycles. The number of quaternary nitrogens is 2. The van der Waals surface area contributed by atoms with E-state index in [9.17, 15) is 5.11 Å². The number of nitrogens with zero attached hydrogens (tertiary/aromatic N) is 1. The van der Waals surface area contributed by atoms with Gasteiger partial charge in [0.1, 0.15) is 38.8 Å². The summed E-state index contributed by atoms with van der Waals surface area (Å²) in [5.74, 6) is 0. The van der Waals surface area contributed by atoms with Crippen molar-refractivity contribution in [1.82, 2.24) is 4.57 Å². The number of aryl methyl sites for hydroxylation is 1. The van der Waals surface area contributed by atoms with Crippen LogP contribution in [0.15, 0.2) is 60.7 Å². The van der Waals surface area contributed by atoms with Gasteiger partial charge in [0.25, 0.3) is 0 Å². The van der Waals surface area contributed by atoms with Crippen LogP contribution in [0.25, 0.3) is 17.0 Å². The normalized spacial score (nSPS) is 21.1. The predicted molar refractivity (Wildman–Crippen MR) is 119 cm³/mol. The molecule has 0 radical (unpaired) electrons. The number of para-hydroxylation sites is 1. The van der Waals surface area contributed by atoms with Crippen molar-refractivity contribution in [3.8, 4) is 0 Å². The molecule has 1 saturated heterocycles. The quantitative estimate of drug-likeness (QED) is 0.576. The number of nitrogens with one attached hydrogen (secondary N) is 2. The summed E-state index contributed by atoms with van der Waals surface area (Å²) in [6.07, 6.45) is 4.11. The zero-order chi connectivity index (χ0) is 20.2. The number of hydrogen-bond donors (Lipinski definition) is 3. The molecular formula is C25H33N3O+2. The lowest BCUT2D eigenvalue weighted by atomic mass is 10.0. The summed E-state index contributed by atoms with van der Waals surface area (Å²) in [6.45, 7) is 8.56. The van der Waals surface area contributed by atoms with Crippen LogP contribution in [-0.2, 0) is 7.05 Å². The molecule has 0 saturated carbocycles. The maximum absolute atomic E-state index is 11.0. The van der Waals surface area contributed by atoms with E-state index in [0.717, 1.165) is 44.8 Å². The Hall–Kier alpha value is -2.40. The lowest BCUT2D eigenvalue weighted by Gasteiger charge is -2.30. The molecule has 4 heteroatoms. The highest BCUT2D eigenvalue weighted by Crippen LogP contribution is 2.29. The van der Waals surface area contributed by atoms with Gasteiger partial charge in [0.15, 0.2) is 0 Å². The maximum Gasteiger partial charge on any atom is 0.130 e. The first-order valence-corrected chi connectivity index (χ1v) is 10.7. The van der Waals surface area contributed by atoms with Crippen LogP contribution in [0.5, 0.6) is 0 Å². The molecule has 0 bridgehead atoms. The molecule has 0 amide bonds. The fraction of sp³-hybridized carbons (Fsp3) is 0.360. The van der Waals surface area contributed by atoms with Crippen molar-refractivity contribution in [1.29, 1.82) is 0 Å². The second kappa shape index (κ2) is 8.95. The summed E-state index contributed by atoms with van der Waals surface area (Å²) in [5.41, 5.74) is 4.75. The molecule has 1 aliphatic rings. The van der Waals surface area contributed by atoms with E-state index >= 15 is 0 Å². The number of aliphatic hydroxyl groups is 1. The fourth-order valence-corrected chi connectivity index (χ4v) is 4.64. The lowest BCUT2D eigenvalue weighted by Crippen LogP contribution is -3.28. The Labute approximate surface area is 173 Å². The molecule has 3 N–H and O–H groups in total. The van der Waals surface area contributed by atoms with E-state index < -0.39 is 6.10 Å². The zero-order valence-corrected chi connectivity index (χ0v) is 17.6. The van der Waals surface area contributed by atoms with E-state index in [1.807, 2.05) is 0 Å². The lowest BCUT2D eigenvalue weighted by molar-refractivity contribution is -1.01. The van der Waals surface area contributed by atoms with Gasteiger partial charge < -0.3 is 19.5 Å². The minimum atomic E-state index is -0.407. The highest BCUT2D eigenvalue weighted by Gasteiger charge is 2.27. The van der Waals surface area contributed by atoms with E-state index in [-0.39, 0.29) is 0 Å². The van der Waals surface area contributed by atoms with Gasteiger partial charge in [-0.15, -0.1) is 0 Å². The second-order valence-corrected chi connectivity index (χ2v) is 8.31. The first-order chi connectivity index (χ1) is 14.1. The van der Waals surface area contributed by atoms with Crippen molar-refractivity contribution in [3.05, 3.63) is 77.5 Å². The standard InChI is InChI=1S/C25H31N3O/c1-20-25(22-12-6-7-13-23(22)26(20)2)24(29)19-28-17-15-27(16-18-28)14-8-11-21-9-4-3-5-10-21/h3-13,24,29H,14-19H2,1-2H3/p+2/b11-8+/t24-/m1/s1. The average molecular weight is 392 g/mol. The summed E-state index contributed by atoms with van der Waals surface area (Å²) in [7, 11) is 2.09. The monoisotopic (exact) mass is 391 g/mol. The third kappa shape index (κ3) is 4.45. The van der Waals surface area contributed by atoms with E-state index in [1.165, 1.54) is 27.1 Å². The number of hydrogen-bond acceptors (Lipinski definition) is 1. The smallest absolute Gasteiger partial charge is 0.130 e. The highest BCUT2D eigenvalue weighted by molar-refractivity contribution is 5.85. The van der Waals surface area contributed by atoms with Crippen molar-refractivity contribution < 1.29 is 14.9 Å². The van der Waals surface area contributed by atoms with Crippen LogP contribution in [0.1, 0.15) is 22.9 Å². The van der Waals surface area contributed by atoms with Gasteiger partial charge in [-0.05, 0) is 24.6 Å². The minimum Gasteiger partial charge on any atom is -0.382 e. The van der Waals surface area contributed by atoms with Crippen LogP contribution < -0.4 is 9.80 Å². The molecule has 2 aromatic carbocycles. The van der Waals surface area contributed by atoms with Gasteiger partial charge in [-0.1, -0.05) is 54.6 Å². The summed E-state index contributed by atoms with van der Waals surface area (Å²) in [6, 6.07) is 18.9. The van der Waals surface area contributed by atoms with Crippen LogP contribution in [0, 0.1) is 6.92 Å². The van der Waals surface area contributed by atoms with Crippen LogP contribution in [-0.4, -0.2) is 48.9 Å². The number of aromatic nitrogens is 1. The third-order valence-corrected chi connectivity index (χ3v) is 6.44. The number of fused-ring (bicyclic) bond motifs is 1. The molecule has 1 fully saturated rings. The summed E-state index contributed by atoms with van der Waals surface area (Å²) >= 11 is 0. The minimum absolute atomic E-state index is 0.407. The van der Waals surface area contributed by atoms with Crippen molar-refractivity contribution in [2.24, 2.45) is 7.05 Å². The first-order valence-electron chi connectivity index (χ1n) is 10.7. The molecule has 1 aromatic heterocycles. The van der Waals surface area contributed by atoms with Gasteiger partial charge in [-0.25, -0.2) is 0 Å². The van der Waals surface area contributed by atoms with Crippen molar-refractivity contribution >= 4 is 17.0 Å². The number of aliphatic hydroxyl groups excluding tert-OH is 1. The van der Waals surface area contributed by atoms with Gasteiger partial charge in [-0.2, -0.15) is 0 Å². The number of piperazine rings is 1. The predicted octanol–water partition coefficient (Wildman–Crippen LogP) is 1.02. The molecule has 29 heavy (non-hydrogen) atoms. The Bertz CT molecular complexity index is 968. The molecular weight excluding hydrogens is 358 g/mol. The van der Waals surface area contributed by atoms with Gasteiger partial charge in [0.2, 0.25) is 0 Å². The van der Waals surface area contributed by atoms with Crippen LogP contribution in [0.4, 0.5) is 0 Å². The zero-order valence-electron chi connectivity index (χ0n) is 17.6. The van der Waals surface area contributed by atoms with Crippen molar-refractivity contribution in [2.75, 3.05) is 39.3 Å². The average Bonchev–Trinajstić information content (AvgIpc) is 3.01. The topological polar surface area (TPSA) is 34.0 Å². The SMILES string of the molecule is Cc1c([C@H](O)C[NH+]2CC[NH+](C/C=C/c3ccccc3)CC2)c2ccccc2n1C. The summed E-state index contributed by atoms with van der Waals surface area (Å²) in [4.78, 5) is 3.15. The third-order valence-electron chi connectivity index (χ3n) is 6.44. The molecule has 4 rings (SSSR count). The number of benzene rings is 2. The van der Waals surface area contributed by atoms with Gasteiger partial charge >= 0.3 is 0 Å². The van der Waals surface area contributed by atoms with E-state index in [2.05, 4.69) is 85.3 Å². The highest BCUT2D eigenvalue weighted by atomic mass is 16.3. The Morgan fingerprint density at radius 1 is 0.966 bits per heavy atom.